The predicted molar refractivity (Wildman–Crippen MR) is 58.8 cm³/mol. The second-order valence-electron chi connectivity index (χ2n) is 4.31. The van der Waals surface area contributed by atoms with E-state index in [1.165, 1.54) is 6.42 Å². The maximum Gasteiger partial charge on any atom is 0.0785 e. The predicted octanol–water partition coefficient (Wildman–Crippen LogP) is 0.277. The number of methoxy groups -OCH3 is 1. The Morgan fingerprint density at radius 3 is 2.80 bits per heavy atom. The number of nitrogens with one attached hydrogen (secondary N) is 1. The smallest absolute Gasteiger partial charge is 0.0785 e. The van der Waals surface area contributed by atoms with Gasteiger partial charge in [0.2, 0.25) is 0 Å². The number of aliphatic hydroxyl groups is 2. The summed E-state index contributed by atoms with van der Waals surface area (Å²) < 4.78 is 4.84. The van der Waals surface area contributed by atoms with E-state index >= 15 is 0 Å². The number of ether oxygens (including phenoxy) is 1. The average Bonchev–Trinajstić information content (AvgIpc) is 2.21. The molecule has 0 saturated heterocycles. The lowest BCUT2D eigenvalue weighted by Gasteiger charge is -2.28. The van der Waals surface area contributed by atoms with E-state index in [4.69, 9.17) is 4.74 Å². The first kappa shape index (κ1) is 12.9. The van der Waals surface area contributed by atoms with Crippen LogP contribution in [0.5, 0.6) is 0 Å². The van der Waals surface area contributed by atoms with Gasteiger partial charge in [-0.05, 0) is 25.8 Å². The van der Waals surface area contributed by atoms with Crippen molar-refractivity contribution in [3.8, 4) is 0 Å². The lowest BCUT2D eigenvalue weighted by molar-refractivity contribution is 0.0538. The van der Waals surface area contributed by atoms with Gasteiger partial charge in [-0.25, -0.2) is 0 Å². The Morgan fingerprint density at radius 1 is 1.40 bits per heavy atom. The lowest BCUT2D eigenvalue weighted by atomic mass is 9.92. The summed E-state index contributed by atoms with van der Waals surface area (Å²) in [6, 6.07) is 0.216. The highest BCUT2D eigenvalue weighted by Crippen LogP contribution is 2.18. The van der Waals surface area contributed by atoms with Gasteiger partial charge in [0.15, 0.2) is 0 Å². The molecule has 0 amide bonds. The zero-order chi connectivity index (χ0) is 11.1. The monoisotopic (exact) mass is 217 g/mol. The molecule has 15 heavy (non-hydrogen) atoms. The summed E-state index contributed by atoms with van der Waals surface area (Å²) in [7, 11) is 1.58. The van der Waals surface area contributed by atoms with E-state index in [2.05, 4.69) is 5.32 Å². The molecule has 0 spiro atoms. The van der Waals surface area contributed by atoms with Crippen molar-refractivity contribution in [3.05, 3.63) is 0 Å². The van der Waals surface area contributed by atoms with E-state index in [1.807, 2.05) is 0 Å². The molecule has 0 aromatic heterocycles. The van der Waals surface area contributed by atoms with Gasteiger partial charge in [0.05, 0.1) is 18.8 Å². The summed E-state index contributed by atoms with van der Waals surface area (Å²) in [5, 5.41) is 22.4. The number of rotatable bonds is 6. The Hall–Kier alpha value is -0.160. The van der Waals surface area contributed by atoms with Crippen molar-refractivity contribution in [2.75, 3.05) is 20.3 Å². The van der Waals surface area contributed by atoms with Crippen molar-refractivity contribution in [1.82, 2.24) is 5.32 Å². The molecule has 1 saturated carbocycles. The van der Waals surface area contributed by atoms with Crippen molar-refractivity contribution in [3.63, 3.8) is 0 Å². The highest BCUT2D eigenvalue weighted by molar-refractivity contribution is 4.80. The van der Waals surface area contributed by atoms with E-state index < -0.39 is 6.10 Å². The van der Waals surface area contributed by atoms with Crippen LogP contribution in [0.3, 0.4) is 0 Å². The molecular weight excluding hydrogens is 194 g/mol. The molecule has 0 aromatic rings. The molecule has 1 aliphatic rings. The fourth-order valence-corrected chi connectivity index (χ4v) is 2.06. The van der Waals surface area contributed by atoms with Crippen molar-refractivity contribution >= 4 is 0 Å². The second-order valence-corrected chi connectivity index (χ2v) is 4.31. The molecule has 3 N–H and O–H groups in total. The highest BCUT2D eigenvalue weighted by atomic mass is 16.5. The third-order valence-corrected chi connectivity index (χ3v) is 2.97. The Bertz CT molecular complexity index is 166. The third-order valence-electron chi connectivity index (χ3n) is 2.97. The molecule has 3 atom stereocenters. The van der Waals surface area contributed by atoms with Crippen molar-refractivity contribution in [2.45, 2.75) is 50.4 Å². The van der Waals surface area contributed by atoms with Crippen LogP contribution in [0.2, 0.25) is 0 Å². The summed E-state index contributed by atoms with van der Waals surface area (Å²) in [6.45, 7) is 1.13. The molecule has 0 bridgehead atoms. The highest BCUT2D eigenvalue weighted by Gasteiger charge is 2.22. The first-order valence-electron chi connectivity index (χ1n) is 5.82. The minimum absolute atomic E-state index is 0.210. The van der Waals surface area contributed by atoms with Crippen LogP contribution in [0.1, 0.15) is 32.1 Å². The third kappa shape index (κ3) is 4.93. The van der Waals surface area contributed by atoms with Gasteiger partial charge in [0.1, 0.15) is 0 Å². The average molecular weight is 217 g/mol. The Morgan fingerprint density at radius 2 is 2.13 bits per heavy atom. The molecule has 4 heteroatoms. The van der Waals surface area contributed by atoms with Gasteiger partial charge in [-0.3, -0.25) is 0 Å². The lowest BCUT2D eigenvalue weighted by Crippen LogP contribution is -2.43. The first-order valence-corrected chi connectivity index (χ1v) is 5.82. The molecule has 90 valence electrons. The van der Waals surface area contributed by atoms with Crippen LogP contribution >= 0.6 is 0 Å². The van der Waals surface area contributed by atoms with Crippen LogP contribution in [0.25, 0.3) is 0 Å². The number of aliphatic hydroxyl groups excluding tert-OH is 2. The van der Waals surface area contributed by atoms with Crippen LogP contribution in [0, 0.1) is 0 Å². The zero-order valence-electron chi connectivity index (χ0n) is 9.48. The molecule has 1 rings (SSSR count). The van der Waals surface area contributed by atoms with E-state index in [0.29, 0.717) is 13.0 Å². The summed E-state index contributed by atoms with van der Waals surface area (Å²) in [4.78, 5) is 0. The fourth-order valence-electron chi connectivity index (χ4n) is 2.06. The molecule has 1 aliphatic carbocycles. The Kier molecular flexibility index (Phi) is 6.17. The summed E-state index contributed by atoms with van der Waals surface area (Å²) >= 11 is 0. The van der Waals surface area contributed by atoms with E-state index in [-0.39, 0.29) is 12.1 Å². The molecule has 0 aromatic carbocycles. The van der Waals surface area contributed by atoms with Crippen molar-refractivity contribution in [1.29, 1.82) is 0 Å². The van der Waals surface area contributed by atoms with E-state index in [1.54, 1.807) is 7.11 Å². The van der Waals surface area contributed by atoms with Crippen LogP contribution in [0.15, 0.2) is 0 Å². The SMILES string of the molecule is COCC(O)CCN[C@H]1CCCC[C@@H]1O. The quantitative estimate of drug-likeness (QED) is 0.598. The van der Waals surface area contributed by atoms with Gasteiger partial charge < -0.3 is 20.3 Å². The van der Waals surface area contributed by atoms with Gasteiger partial charge in [0, 0.05) is 13.2 Å². The summed E-state index contributed by atoms with van der Waals surface area (Å²) in [5.41, 5.74) is 0. The Balaban J connectivity index is 2.08. The minimum Gasteiger partial charge on any atom is -0.392 e. The van der Waals surface area contributed by atoms with Gasteiger partial charge in [-0.15, -0.1) is 0 Å². The van der Waals surface area contributed by atoms with E-state index in [9.17, 15) is 10.2 Å². The fraction of sp³-hybridized carbons (Fsp3) is 1.00. The molecular formula is C11H23NO3. The minimum atomic E-state index is -0.400. The van der Waals surface area contributed by atoms with Crippen molar-refractivity contribution < 1.29 is 14.9 Å². The van der Waals surface area contributed by atoms with Gasteiger partial charge in [-0.1, -0.05) is 12.8 Å². The van der Waals surface area contributed by atoms with Crippen LogP contribution < -0.4 is 5.32 Å². The molecule has 4 nitrogen and oxygen atoms in total. The van der Waals surface area contributed by atoms with E-state index in [0.717, 1.165) is 25.8 Å². The van der Waals surface area contributed by atoms with Crippen LogP contribution in [-0.2, 0) is 4.74 Å². The normalized spacial score (nSPS) is 29.0. The standard InChI is InChI=1S/C11H23NO3/c1-15-8-9(13)6-7-12-10-4-2-3-5-11(10)14/h9-14H,2-8H2,1H3/t9?,10-,11-/m0/s1. The molecule has 1 unspecified atom stereocenters. The van der Waals surface area contributed by atoms with Crippen LogP contribution in [0.4, 0.5) is 0 Å². The molecule has 0 aliphatic heterocycles. The van der Waals surface area contributed by atoms with Gasteiger partial charge >= 0.3 is 0 Å². The van der Waals surface area contributed by atoms with Crippen molar-refractivity contribution in [2.24, 2.45) is 0 Å². The van der Waals surface area contributed by atoms with Gasteiger partial charge in [-0.2, -0.15) is 0 Å². The molecule has 1 fully saturated rings. The zero-order valence-corrected chi connectivity index (χ0v) is 9.48. The topological polar surface area (TPSA) is 61.7 Å². The largest absolute Gasteiger partial charge is 0.392 e. The first-order chi connectivity index (χ1) is 7.24. The summed E-state index contributed by atoms with van der Waals surface area (Å²) in [5.74, 6) is 0. The maximum atomic E-state index is 9.69. The van der Waals surface area contributed by atoms with Crippen LogP contribution in [-0.4, -0.2) is 48.7 Å². The second kappa shape index (κ2) is 7.17. The van der Waals surface area contributed by atoms with Gasteiger partial charge in [0.25, 0.3) is 0 Å². The summed E-state index contributed by atoms with van der Waals surface area (Å²) in [6.07, 6.45) is 4.33. The number of hydrogen-bond donors (Lipinski definition) is 3. The Labute approximate surface area is 91.6 Å². The molecule has 0 radical (unpaired) electrons. The number of hydrogen-bond acceptors (Lipinski definition) is 4. The molecule has 0 heterocycles. The maximum absolute atomic E-state index is 9.69.